The van der Waals surface area contributed by atoms with Crippen molar-refractivity contribution in [1.29, 1.82) is 0 Å². The van der Waals surface area contributed by atoms with Crippen LogP contribution in [-0.4, -0.2) is 50.7 Å². The van der Waals surface area contributed by atoms with E-state index in [9.17, 15) is 0 Å². The van der Waals surface area contributed by atoms with E-state index in [1.54, 1.807) is 11.3 Å². The zero-order valence-corrected chi connectivity index (χ0v) is 15.3. The Balaban J connectivity index is 1.42. The average molecular weight is 346 g/mol. The lowest BCUT2D eigenvalue weighted by molar-refractivity contribution is 0.143. The summed E-state index contributed by atoms with van der Waals surface area (Å²) in [5.74, 6) is 0. The number of hydrogen-bond donors (Lipinski definition) is 0. The number of likely N-dealkylation sites (tertiary alicyclic amines) is 1. The molecule has 0 unspecified atom stereocenters. The maximum atomic E-state index is 4.61. The summed E-state index contributed by atoms with van der Waals surface area (Å²) in [6, 6.07) is 2.68. The number of nitrogens with zero attached hydrogens (tertiary/aromatic N) is 5. The van der Waals surface area contributed by atoms with Crippen LogP contribution in [0.5, 0.6) is 0 Å². The molecule has 6 heteroatoms. The summed E-state index contributed by atoms with van der Waals surface area (Å²) < 4.78 is 2.28. The Morgan fingerprint density at radius 1 is 1.21 bits per heavy atom. The first-order valence-corrected chi connectivity index (χ1v) is 10.0. The molecular weight excluding hydrogens is 318 g/mol. The summed E-state index contributed by atoms with van der Waals surface area (Å²) >= 11 is 1.78. The Morgan fingerprint density at radius 2 is 2.08 bits per heavy atom. The molecule has 2 aromatic rings. The first-order valence-electron chi connectivity index (χ1n) is 9.15. The van der Waals surface area contributed by atoms with Crippen LogP contribution >= 0.6 is 11.3 Å². The number of aryl methyl sites for hydroxylation is 1. The maximum Gasteiger partial charge on any atom is 0.0798 e. The molecule has 2 aliphatic heterocycles. The molecule has 130 valence electrons. The van der Waals surface area contributed by atoms with Crippen molar-refractivity contribution in [1.82, 2.24) is 24.6 Å². The summed E-state index contributed by atoms with van der Waals surface area (Å²) in [6.07, 6.45) is 7.31. The molecule has 1 atom stereocenters. The minimum atomic E-state index is 0.499. The van der Waals surface area contributed by atoms with Crippen LogP contribution in [0.4, 0.5) is 0 Å². The van der Waals surface area contributed by atoms with E-state index < -0.39 is 0 Å². The van der Waals surface area contributed by atoms with Crippen LogP contribution in [-0.2, 0) is 13.1 Å². The van der Waals surface area contributed by atoms with Gasteiger partial charge in [0.15, 0.2) is 0 Å². The van der Waals surface area contributed by atoms with Gasteiger partial charge in [0.05, 0.1) is 22.9 Å². The van der Waals surface area contributed by atoms with E-state index in [1.165, 1.54) is 61.6 Å². The molecule has 24 heavy (non-hydrogen) atoms. The second-order valence-corrected chi connectivity index (χ2v) is 8.08. The van der Waals surface area contributed by atoms with Gasteiger partial charge in [0, 0.05) is 37.3 Å². The Kier molecular flexibility index (Phi) is 4.96. The van der Waals surface area contributed by atoms with Gasteiger partial charge < -0.3 is 4.90 Å². The van der Waals surface area contributed by atoms with E-state index in [-0.39, 0.29) is 0 Å². The van der Waals surface area contributed by atoms with Gasteiger partial charge in [-0.3, -0.25) is 9.58 Å². The van der Waals surface area contributed by atoms with E-state index in [2.05, 4.69) is 37.6 Å². The van der Waals surface area contributed by atoms with Crippen molar-refractivity contribution >= 4 is 11.3 Å². The normalized spacial score (nSPS) is 22.6. The van der Waals surface area contributed by atoms with E-state index in [0.29, 0.717) is 6.04 Å². The fraction of sp³-hybridized carbons (Fsp3) is 0.667. The second-order valence-electron chi connectivity index (χ2n) is 7.14. The molecule has 0 saturated carbocycles. The highest BCUT2D eigenvalue weighted by molar-refractivity contribution is 7.09. The molecule has 0 spiro atoms. The number of rotatable bonds is 5. The van der Waals surface area contributed by atoms with Gasteiger partial charge in [0.2, 0.25) is 0 Å². The topological polar surface area (TPSA) is 37.2 Å². The highest BCUT2D eigenvalue weighted by Crippen LogP contribution is 2.26. The number of piperidine rings is 1. The molecule has 1 saturated heterocycles. The van der Waals surface area contributed by atoms with Gasteiger partial charge in [-0.15, -0.1) is 11.3 Å². The third-order valence-electron chi connectivity index (χ3n) is 5.39. The SMILES string of the molecule is Cc1ncsc1CN1Cc2ccnn2[C@H](CCN2CCCCC2)C1. The zero-order valence-electron chi connectivity index (χ0n) is 14.5. The maximum absolute atomic E-state index is 4.61. The number of aromatic nitrogens is 3. The fourth-order valence-corrected chi connectivity index (χ4v) is 4.81. The first-order chi connectivity index (χ1) is 11.8. The molecule has 0 bridgehead atoms. The average Bonchev–Trinajstić information content (AvgIpc) is 3.23. The molecule has 2 aromatic heterocycles. The summed E-state index contributed by atoms with van der Waals surface area (Å²) in [4.78, 5) is 11.0. The fourth-order valence-electron chi connectivity index (χ4n) is 3.99. The molecule has 0 radical (unpaired) electrons. The number of fused-ring (bicyclic) bond motifs is 1. The van der Waals surface area contributed by atoms with Crippen LogP contribution in [0.25, 0.3) is 0 Å². The predicted molar refractivity (Wildman–Crippen MR) is 97.1 cm³/mol. The predicted octanol–water partition coefficient (Wildman–Crippen LogP) is 3.08. The smallest absolute Gasteiger partial charge is 0.0798 e. The summed E-state index contributed by atoms with van der Waals surface area (Å²) in [5, 5.41) is 4.61. The molecule has 0 N–H and O–H groups in total. The van der Waals surface area contributed by atoms with Crippen LogP contribution in [0, 0.1) is 6.92 Å². The van der Waals surface area contributed by atoms with Crippen molar-refractivity contribution in [3.8, 4) is 0 Å². The third-order valence-corrected chi connectivity index (χ3v) is 6.31. The largest absolute Gasteiger partial charge is 0.303 e. The lowest BCUT2D eigenvalue weighted by atomic mass is 10.1. The Labute approximate surface area is 148 Å². The lowest BCUT2D eigenvalue weighted by Crippen LogP contribution is -2.39. The van der Waals surface area contributed by atoms with Crippen LogP contribution in [0.2, 0.25) is 0 Å². The van der Waals surface area contributed by atoms with Gasteiger partial charge in [-0.05, 0) is 45.3 Å². The summed E-state index contributed by atoms with van der Waals surface area (Å²) in [5.41, 5.74) is 4.50. The van der Waals surface area contributed by atoms with E-state index in [4.69, 9.17) is 0 Å². The van der Waals surface area contributed by atoms with E-state index in [1.807, 2.05) is 11.7 Å². The number of hydrogen-bond acceptors (Lipinski definition) is 5. The van der Waals surface area contributed by atoms with Crippen molar-refractivity contribution in [2.24, 2.45) is 0 Å². The molecule has 1 fully saturated rings. The zero-order chi connectivity index (χ0) is 16.4. The van der Waals surface area contributed by atoms with Crippen LogP contribution in [0.15, 0.2) is 17.8 Å². The monoisotopic (exact) mass is 345 g/mol. The quantitative estimate of drug-likeness (QED) is 0.834. The highest BCUT2D eigenvalue weighted by atomic mass is 32.1. The Bertz CT molecular complexity index is 658. The molecule has 0 aliphatic carbocycles. The third kappa shape index (κ3) is 3.55. The van der Waals surface area contributed by atoms with Gasteiger partial charge >= 0.3 is 0 Å². The molecule has 4 heterocycles. The minimum absolute atomic E-state index is 0.499. The van der Waals surface area contributed by atoms with E-state index in [0.717, 1.165) is 19.6 Å². The van der Waals surface area contributed by atoms with Gasteiger partial charge in [-0.2, -0.15) is 5.10 Å². The molecule has 0 amide bonds. The minimum Gasteiger partial charge on any atom is -0.303 e. The molecule has 5 nitrogen and oxygen atoms in total. The van der Waals surface area contributed by atoms with Crippen molar-refractivity contribution < 1.29 is 0 Å². The summed E-state index contributed by atoms with van der Waals surface area (Å²) in [6.45, 7) is 9.00. The van der Waals surface area contributed by atoms with Crippen molar-refractivity contribution in [3.63, 3.8) is 0 Å². The van der Waals surface area contributed by atoms with Gasteiger partial charge in [0.25, 0.3) is 0 Å². The molecule has 2 aliphatic rings. The van der Waals surface area contributed by atoms with Crippen LogP contribution in [0.3, 0.4) is 0 Å². The van der Waals surface area contributed by atoms with Gasteiger partial charge in [0.1, 0.15) is 0 Å². The van der Waals surface area contributed by atoms with Crippen molar-refractivity contribution in [2.45, 2.75) is 51.7 Å². The standard InChI is InChI=1S/C18H27N5S/c1-15-18(24-14-19-15)13-22-11-16-5-7-20-23(16)17(12-22)6-10-21-8-3-2-4-9-21/h5,7,14,17H,2-4,6,8-13H2,1H3/t17-/m1/s1. The molecule has 4 rings (SSSR count). The molecule has 0 aromatic carbocycles. The summed E-state index contributed by atoms with van der Waals surface area (Å²) in [7, 11) is 0. The number of thiazole rings is 1. The van der Waals surface area contributed by atoms with Crippen molar-refractivity contribution in [3.05, 3.63) is 34.0 Å². The Hall–Kier alpha value is -1.24. The van der Waals surface area contributed by atoms with Crippen LogP contribution < -0.4 is 0 Å². The van der Waals surface area contributed by atoms with Gasteiger partial charge in [-0.25, -0.2) is 4.98 Å². The Morgan fingerprint density at radius 3 is 2.88 bits per heavy atom. The first kappa shape index (κ1) is 16.2. The van der Waals surface area contributed by atoms with Crippen LogP contribution in [0.1, 0.15) is 48.0 Å². The second kappa shape index (κ2) is 7.33. The highest BCUT2D eigenvalue weighted by Gasteiger charge is 2.26. The van der Waals surface area contributed by atoms with Crippen molar-refractivity contribution in [2.75, 3.05) is 26.2 Å². The van der Waals surface area contributed by atoms with Gasteiger partial charge in [-0.1, -0.05) is 6.42 Å². The lowest BCUT2D eigenvalue weighted by Gasteiger charge is -2.35. The molecular formula is C18H27N5S. The van der Waals surface area contributed by atoms with E-state index >= 15 is 0 Å².